The van der Waals surface area contributed by atoms with Crippen LogP contribution in [0.4, 0.5) is 0 Å². The molecule has 4 fully saturated rings. The van der Waals surface area contributed by atoms with Gasteiger partial charge in [0, 0.05) is 0 Å². The molecule has 0 N–H and O–H groups in total. The zero-order valence-corrected chi connectivity index (χ0v) is 13.0. The predicted molar refractivity (Wildman–Crippen MR) is 74.1 cm³/mol. The average molecular weight is 296 g/mol. The van der Waals surface area contributed by atoms with Crippen LogP contribution in [0.15, 0.2) is 0 Å². The lowest BCUT2D eigenvalue weighted by atomic mass is 9.67. The number of hydrogen-bond acceptors (Lipinski definition) is 5. The topological polar surface area (TPSA) is 61.8 Å². The zero-order valence-electron chi connectivity index (χ0n) is 13.0. The summed E-state index contributed by atoms with van der Waals surface area (Å²) in [5, 5.41) is 0. The second kappa shape index (κ2) is 5.27. The molecule has 5 heteroatoms. The van der Waals surface area contributed by atoms with E-state index in [9.17, 15) is 9.59 Å². The Morgan fingerprint density at radius 1 is 1.24 bits per heavy atom. The third-order valence-corrected chi connectivity index (χ3v) is 4.90. The molecule has 0 amide bonds. The Morgan fingerprint density at radius 2 is 2.00 bits per heavy atom. The average Bonchev–Trinajstić information content (AvgIpc) is 2.54. The van der Waals surface area contributed by atoms with Crippen LogP contribution in [0.1, 0.15) is 46.5 Å². The second-order valence-corrected chi connectivity index (χ2v) is 7.67. The van der Waals surface area contributed by atoms with Crippen LogP contribution in [0.25, 0.3) is 0 Å². The second-order valence-electron chi connectivity index (χ2n) is 7.67. The molecule has 5 unspecified atom stereocenters. The Morgan fingerprint density at radius 3 is 2.71 bits per heavy atom. The van der Waals surface area contributed by atoms with Gasteiger partial charge in [-0.05, 0) is 58.3 Å². The third-order valence-electron chi connectivity index (χ3n) is 4.90. The molecule has 2 aliphatic heterocycles. The minimum Gasteiger partial charge on any atom is -0.459 e. The third kappa shape index (κ3) is 2.93. The number of carbonyl (C=O) groups is 2. The van der Waals surface area contributed by atoms with E-state index in [1.165, 1.54) is 0 Å². The fourth-order valence-corrected chi connectivity index (χ4v) is 3.89. The van der Waals surface area contributed by atoms with Gasteiger partial charge in [0.1, 0.15) is 12.2 Å². The van der Waals surface area contributed by atoms with Crippen LogP contribution in [0.2, 0.25) is 0 Å². The normalized spacial score (nSPS) is 38.0. The number of ether oxygens (including phenoxy) is 3. The molecule has 4 bridgehead atoms. The van der Waals surface area contributed by atoms with Gasteiger partial charge in [-0.25, -0.2) is 0 Å². The maximum absolute atomic E-state index is 12.0. The van der Waals surface area contributed by atoms with Crippen LogP contribution in [-0.4, -0.2) is 30.9 Å². The fraction of sp³-hybridized carbons (Fsp3) is 0.875. The van der Waals surface area contributed by atoms with Crippen molar-refractivity contribution in [3.05, 3.63) is 0 Å². The predicted octanol–water partition coefficient (Wildman–Crippen LogP) is 2.28. The summed E-state index contributed by atoms with van der Waals surface area (Å²) in [5.41, 5.74) is -0.531. The van der Waals surface area contributed by atoms with Crippen molar-refractivity contribution in [1.29, 1.82) is 0 Å². The summed E-state index contributed by atoms with van der Waals surface area (Å²) in [7, 11) is 0. The van der Waals surface area contributed by atoms with Gasteiger partial charge in [-0.3, -0.25) is 9.59 Å². The summed E-state index contributed by atoms with van der Waals surface area (Å²) in [6, 6.07) is 0. The van der Waals surface area contributed by atoms with Crippen LogP contribution in [0, 0.1) is 23.2 Å². The Kier molecular flexibility index (Phi) is 3.72. The van der Waals surface area contributed by atoms with Crippen molar-refractivity contribution < 1.29 is 23.8 Å². The van der Waals surface area contributed by atoms with Crippen LogP contribution >= 0.6 is 0 Å². The summed E-state index contributed by atoms with van der Waals surface area (Å²) in [6.45, 7) is 5.38. The molecule has 5 nitrogen and oxygen atoms in total. The standard InChI is InChI=1S/C16H24O5/c1-16(2,3)15(18)20-8-19-13-10-4-9-5-11(7-10)14(17)21-12(13)6-9/h9-13H,4-8H2,1-3H3. The highest BCUT2D eigenvalue weighted by Gasteiger charge is 2.50. The number of fused-ring (bicyclic) bond motifs is 1. The van der Waals surface area contributed by atoms with E-state index in [0.717, 1.165) is 25.7 Å². The maximum atomic E-state index is 12.0. The van der Waals surface area contributed by atoms with Crippen molar-refractivity contribution in [3.63, 3.8) is 0 Å². The van der Waals surface area contributed by atoms with E-state index in [1.807, 2.05) is 20.8 Å². The summed E-state index contributed by atoms with van der Waals surface area (Å²) in [5.74, 6) is 0.644. The molecule has 118 valence electrons. The van der Waals surface area contributed by atoms with E-state index >= 15 is 0 Å². The maximum Gasteiger partial charge on any atom is 0.313 e. The molecule has 2 saturated heterocycles. The Labute approximate surface area is 125 Å². The van der Waals surface area contributed by atoms with Gasteiger partial charge in [-0.1, -0.05) is 0 Å². The van der Waals surface area contributed by atoms with Crippen molar-refractivity contribution in [1.82, 2.24) is 0 Å². The van der Waals surface area contributed by atoms with Crippen LogP contribution in [0.5, 0.6) is 0 Å². The molecule has 0 aromatic rings. The largest absolute Gasteiger partial charge is 0.459 e. The molecular weight excluding hydrogens is 272 g/mol. The molecule has 21 heavy (non-hydrogen) atoms. The van der Waals surface area contributed by atoms with Gasteiger partial charge in [0.2, 0.25) is 0 Å². The Hall–Kier alpha value is -1.10. The van der Waals surface area contributed by atoms with E-state index < -0.39 is 5.41 Å². The number of rotatable bonds is 3. The first-order chi connectivity index (χ1) is 9.84. The molecule has 2 saturated carbocycles. The summed E-state index contributed by atoms with van der Waals surface area (Å²) < 4.78 is 16.5. The van der Waals surface area contributed by atoms with Crippen molar-refractivity contribution in [3.8, 4) is 0 Å². The zero-order chi connectivity index (χ0) is 15.2. The lowest BCUT2D eigenvalue weighted by molar-refractivity contribution is -0.190. The molecule has 0 radical (unpaired) electrons. The first-order valence-corrected chi connectivity index (χ1v) is 7.84. The number of hydrogen-bond donors (Lipinski definition) is 0. The van der Waals surface area contributed by atoms with Gasteiger partial charge in [-0.15, -0.1) is 0 Å². The lowest BCUT2D eigenvalue weighted by Gasteiger charge is -2.41. The van der Waals surface area contributed by atoms with Gasteiger partial charge >= 0.3 is 11.9 Å². The highest BCUT2D eigenvalue weighted by molar-refractivity contribution is 5.75. The van der Waals surface area contributed by atoms with Gasteiger partial charge in [0.25, 0.3) is 0 Å². The van der Waals surface area contributed by atoms with E-state index in [4.69, 9.17) is 14.2 Å². The number of esters is 2. The van der Waals surface area contributed by atoms with Crippen molar-refractivity contribution in [2.45, 2.75) is 58.7 Å². The smallest absolute Gasteiger partial charge is 0.313 e. The van der Waals surface area contributed by atoms with Gasteiger partial charge in [-0.2, -0.15) is 0 Å². The van der Waals surface area contributed by atoms with Crippen LogP contribution < -0.4 is 0 Å². The van der Waals surface area contributed by atoms with E-state index in [0.29, 0.717) is 11.8 Å². The van der Waals surface area contributed by atoms with Crippen molar-refractivity contribution in [2.75, 3.05) is 6.79 Å². The molecule has 4 aliphatic rings. The quantitative estimate of drug-likeness (QED) is 0.590. The van der Waals surface area contributed by atoms with E-state index in [-0.39, 0.29) is 36.9 Å². The molecule has 2 aliphatic carbocycles. The van der Waals surface area contributed by atoms with Gasteiger partial charge < -0.3 is 14.2 Å². The minimum absolute atomic E-state index is 0.0458. The Bertz CT molecular complexity index is 438. The molecule has 0 aromatic heterocycles. The van der Waals surface area contributed by atoms with Crippen LogP contribution in [-0.2, 0) is 23.8 Å². The SMILES string of the molecule is CC(C)(C)C(=O)OCOC1C2CC3CC(C2)C(=O)OC1C3. The first kappa shape index (κ1) is 14.8. The molecule has 0 spiro atoms. The van der Waals surface area contributed by atoms with Crippen LogP contribution in [0.3, 0.4) is 0 Å². The van der Waals surface area contributed by atoms with Crippen molar-refractivity contribution in [2.24, 2.45) is 23.2 Å². The minimum atomic E-state index is -0.531. The first-order valence-electron chi connectivity index (χ1n) is 7.84. The summed E-state index contributed by atoms with van der Waals surface area (Å²) in [4.78, 5) is 23.7. The van der Waals surface area contributed by atoms with Crippen molar-refractivity contribution >= 4 is 11.9 Å². The van der Waals surface area contributed by atoms with Gasteiger partial charge in [0.05, 0.1) is 11.3 Å². The Balaban J connectivity index is 1.59. The van der Waals surface area contributed by atoms with E-state index in [1.54, 1.807) is 0 Å². The molecule has 2 heterocycles. The fourth-order valence-electron chi connectivity index (χ4n) is 3.89. The molecule has 5 atom stereocenters. The highest BCUT2D eigenvalue weighted by Crippen LogP contribution is 2.48. The molecule has 4 rings (SSSR count). The monoisotopic (exact) mass is 296 g/mol. The van der Waals surface area contributed by atoms with E-state index in [2.05, 4.69) is 0 Å². The van der Waals surface area contributed by atoms with Gasteiger partial charge in [0.15, 0.2) is 6.79 Å². The molecular formula is C16H24O5. The summed E-state index contributed by atoms with van der Waals surface area (Å²) >= 11 is 0. The molecule has 0 aromatic carbocycles. The number of carbonyl (C=O) groups excluding carboxylic acids is 2. The highest BCUT2D eigenvalue weighted by atomic mass is 16.7. The summed E-state index contributed by atoms with van der Waals surface area (Å²) in [6.07, 6.45) is 3.52. The lowest BCUT2D eigenvalue weighted by Crippen LogP contribution is -2.44.